The minimum atomic E-state index is -3.77. The van der Waals surface area contributed by atoms with Crippen LogP contribution in [0, 0.1) is 0 Å². The van der Waals surface area contributed by atoms with Gasteiger partial charge in [-0.25, -0.2) is 19.7 Å². The van der Waals surface area contributed by atoms with Crippen molar-refractivity contribution >= 4 is 51.4 Å². The number of hydrogen-bond donors (Lipinski definition) is 1. The van der Waals surface area contributed by atoms with E-state index < -0.39 is 26.6 Å². The van der Waals surface area contributed by atoms with E-state index in [0.29, 0.717) is 24.1 Å². The summed E-state index contributed by atoms with van der Waals surface area (Å²) in [5.41, 5.74) is 6.95. The Hall–Kier alpha value is -1.70. The molecule has 0 saturated carbocycles. The summed E-state index contributed by atoms with van der Waals surface area (Å²) in [6, 6.07) is 0. The van der Waals surface area contributed by atoms with Gasteiger partial charge in [-0.2, -0.15) is 0 Å². The van der Waals surface area contributed by atoms with Gasteiger partial charge in [0.2, 0.25) is 6.79 Å². The van der Waals surface area contributed by atoms with Gasteiger partial charge >= 0.3 is 13.8 Å². The Morgan fingerprint density at radius 3 is 2.08 bits per heavy atom. The molecule has 0 saturated heterocycles. The molecule has 2 aromatic rings. The molecule has 15 heteroatoms. The molecule has 0 aromatic carbocycles. The van der Waals surface area contributed by atoms with Gasteiger partial charge in [0.15, 0.2) is 11.5 Å². The van der Waals surface area contributed by atoms with Crippen LogP contribution in [0.2, 0.25) is 0 Å². The van der Waals surface area contributed by atoms with Crippen molar-refractivity contribution in [1.29, 1.82) is 0 Å². The molecule has 0 radical (unpaired) electrons. The van der Waals surface area contributed by atoms with E-state index in [9.17, 15) is 9.36 Å². The van der Waals surface area contributed by atoms with E-state index in [0.717, 1.165) is 17.9 Å². The first-order chi connectivity index (χ1) is 23.6. The van der Waals surface area contributed by atoms with Crippen molar-refractivity contribution in [2.45, 2.75) is 149 Å². The number of anilines is 1. The molecule has 49 heavy (non-hydrogen) atoms. The summed E-state index contributed by atoms with van der Waals surface area (Å²) in [7, 11) is -3.82. The molecule has 0 fully saturated rings. The lowest BCUT2D eigenvalue weighted by molar-refractivity contribution is -0.0181. The molecule has 0 amide bonds. The zero-order valence-electron chi connectivity index (χ0n) is 30.4. The number of carbonyl (C=O) groups excluding carboxylic acids is 1. The number of carbonyl (C=O) groups is 1. The van der Waals surface area contributed by atoms with Crippen molar-refractivity contribution in [3.8, 4) is 0 Å². The van der Waals surface area contributed by atoms with Gasteiger partial charge in [-0.3, -0.25) is 9.09 Å². The predicted octanol–water partition coefficient (Wildman–Crippen LogP) is 8.86. The maximum Gasteiger partial charge on any atom is 0.510 e. The van der Waals surface area contributed by atoms with Gasteiger partial charge in [-0.15, -0.1) is 9.45 Å². The fraction of sp³-hybridized carbons (Fsp3) is 0.824. The van der Waals surface area contributed by atoms with Crippen LogP contribution >= 0.6 is 7.60 Å². The molecule has 2 aromatic heterocycles. The molecule has 0 aliphatic carbocycles. The van der Waals surface area contributed by atoms with Crippen LogP contribution in [0.25, 0.3) is 11.2 Å². The highest BCUT2D eigenvalue weighted by atomic mass is 32.8. The third-order valence-electron chi connectivity index (χ3n) is 7.94. The van der Waals surface area contributed by atoms with E-state index in [1.165, 1.54) is 96.2 Å². The van der Waals surface area contributed by atoms with E-state index in [2.05, 4.69) is 21.9 Å². The maximum atomic E-state index is 13.6. The largest absolute Gasteiger partial charge is 0.510 e. The molecular weight excluding hydrogens is 686 g/mol. The number of fused-ring (bicyclic) bond motifs is 1. The summed E-state index contributed by atoms with van der Waals surface area (Å²) in [6.07, 6.45) is 21.4. The number of nitrogen functional groups attached to an aromatic ring is 1. The fourth-order valence-electron chi connectivity index (χ4n) is 5.20. The van der Waals surface area contributed by atoms with Gasteiger partial charge in [0.05, 0.1) is 31.7 Å². The minimum absolute atomic E-state index is 0.0563. The molecule has 0 aliphatic heterocycles. The van der Waals surface area contributed by atoms with Crippen LogP contribution in [0.3, 0.4) is 0 Å². The Morgan fingerprint density at radius 2 is 1.47 bits per heavy atom. The zero-order valence-corrected chi connectivity index (χ0v) is 32.9. The van der Waals surface area contributed by atoms with Gasteiger partial charge in [-0.05, 0) is 51.5 Å². The molecule has 3 atom stereocenters. The summed E-state index contributed by atoms with van der Waals surface area (Å²) in [6.45, 7) is 7.47. The van der Waals surface area contributed by atoms with Crippen molar-refractivity contribution in [2.75, 3.05) is 37.0 Å². The SMILES string of the molecule is CCCCCCCCCCCCCCCCS(=S)CCCCOP(=O)(CO[C@H](C)Cn1cnc2c(N)ncnc21)OCOC(=O)OC(C)C. The number of aromatic nitrogens is 4. The second kappa shape index (κ2) is 26.1. The van der Waals surface area contributed by atoms with Gasteiger partial charge < -0.3 is 29.0 Å². The van der Waals surface area contributed by atoms with E-state index in [1.807, 2.05) is 6.92 Å². The highest BCUT2D eigenvalue weighted by Gasteiger charge is 2.28. The third-order valence-corrected chi connectivity index (χ3v) is 12.0. The third kappa shape index (κ3) is 20.1. The number of ether oxygens (including phenoxy) is 3. The number of rotatable bonds is 30. The predicted molar refractivity (Wildman–Crippen MR) is 201 cm³/mol. The minimum Gasteiger partial charge on any atom is -0.432 e. The molecule has 2 heterocycles. The second-order valence-corrected chi connectivity index (χ2v) is 17.9. The van der Waals surface area contributed by atoms with Crippen LogP contribution in [0.4, 0.5) is 10.6 Å². The standard InChI is InChI=1S/C34H62N5O7PS2/c1-5-6-7-8-9-10-11-12-13-14-15-16-17-19-22-49(48)23-20-18-21-44-47(41,45-27-42-34(40)46-29(2)3)28-43-30(4)24-39-26-38-31-32(35)36-25-37-33(31)39/h25-26,29-30H,5-24,27-28H2,1-4H3,(H2,35,36,37)/t30-,47?,49?/m1/s1. The Labute approximate surface area is 301 Å². The fourth-order valence-corrected chi connectivity index (χ4v) is 8.45. The Balaban J connectivity index is 1.63. The summed E-state index contributed by atoms with van der Waals surface area (Å²) in [5, 5.41) is 0. The highest BCUT2D eigenvalue weighted by Crippen LogP contribution is 2.48. The van der Waals surface area contributed by atoms with Crippen molar-refractivity contribution in [3.05, 3.63) is 12.7 Å². The van der Waals surface area contributed by atoms with Crippen molar-refractivity contribution in [1.82, 2.24) is 19.5 Å². The van der Waals surface area contributed by atoms with Crippen molar-refractivity contribution in [2.24, 2.45) is 0 Å². The zero-order chi connectivity index (χ0) is 35.7. The van der Waals surface area contributed by atoms with E-state index >= 15 is 0 Å². The molecule has 2 N–H and O–H groups in total. The number of unbranched alkanes of at least 4 members (excludes halogenated alkanes) is 14. The monoisotopic (exact) mass is 747 g/mol. The first-order valence-corrected chi connectivity index (χ1v) is 22.4. The first kappa shape index (κ1) is 43.5. The summed E-state index contributed by atoms with van der Waals surface area (Å²) in [5.74, 6) is 2.31. The van der Waals surface area contributed by atoms with Crippen LogP contribution in [0.15, 0.2) is 12.7 Å². The van der Waals surface area contributed by atoms with Gasteiger partial charge in [0.1, 0.15) is 18.2 Å². The Bertz CT molecular complexity index is 1250. The molecule has 0 bridgehead atoms. The second-order valence-electron chi connectivity index (χ2n) is 12.8. The Kier molecular flexibility index (Phi) is 23.2. The van der Waals surface area contributed by atoms with E-state index in [1.54, 1.807) is 24.7 Å². The summed E-state index contributed by atoms with van der Waals surface area (Å²) in [4.78, 5) is 24.2. The number of nitrogens with two attached hydrogens (primary N) is 1. The summed E-state index contributed by atoms with van der Waals surface area (Å²) >= 11 is 5.72. The molecule has 0 aliphatic rings. The van der Waals surface area contributed by atoms with Gasteiger partial charge in [-0.1, -0.05) is 102 Å². The first-order valence-electron chi connectivity index (χ1n) is 18.2. The summed E-state index contributed by atoms with van der Waals surface area (Å²) < 4.78 is 42.2. The average molecular weight is 748 g/mol. The van der Waals surface area contributed by atoms with Crippen LogP contribution in [-0.4, -0.2) is 69.1 Å². The molecule has 12 nitrogen and oxygen atoms in total. The van der Waals surface area contributed by atoms with Crippen LogP contribution in [0.5, 0.6) is 0 Å². The normalized spacial score (nSPS) is 14.2. The van der Waals surface area contributed by atoms with Gasteiger partial charge in [0, 0.05) is 0 Å². The average Bonchev–Trinajstić information content (AvgIpc) is 3.47. The number of imidazole rings is 1. The van der Waals surface area contributed by atoms with Crippen molar-refractivity contribution in [3.63, 3.8) is 0 Å². The molecule has 282 valence electrons. The van der Waals surface area contributed by atoms with Crippen LogP contribution in [-0.2, 0) is 55.0 Å². The molecule has 2 rings (SSSR count). The van der Waals surface area contributed by atoms with E-state index in [4.69, 9.17) is 40.2 Å². The van der Waals surface area contributed by atoms with Crippen LogP contribution < -0.4 is 5.73 Å². The van der Waals surface area contributed by atoms with Crippen LogP contribution in [0.1, 0.15) is 130 Å². The van der Waals surface area contributed by atoms with E-state index in [-0.39, 0.29) is 34.3 Å². The lowest BCUT2D eigenvalue weighted by Crippen LogP contribution is -2.19. The molecule has 2 unspecified atom stereocenters. The topological polar surface area (TPSA) is 150 Å². The quantitative estimate of drug-likeness (QED) is 0.0352. The lowest BCUT2D eigenvalue weighted by atomic mass is 10.0. The molecular formula is C34H62N5O7PS2. The maximum absolute atomic E-state index is 13.6. The highest BCUT2D eigenvalue weighted by molar-refractivity contribution is 8.28. The Morgan fingerprint density at radius 1 is 0.878 bits per heavy atom. The van der Waals surface area contributed by atoms with Crippen molar-refractivity contribution < 1.29 is 32.6 Å². The lowest BCUT2D eigenvalue weighted by Gasteiger charge is -2.21. The van der Waals surface area contributed by atoms with Gasteiger partial charge in [0.25, 0.3) is 0 Å². The smallest absolute Gasteiger partial charge is 0.432 e. The molecule has 0 spiro atoms. The number of nitrogens with zero attached hydrogens (tertiary/aromatic N) is 4. The number of hydrogen-bond acceptors (Lipinski definition) is 12.